The fourth-order valence-corrected chi connectivity index (χ4v) is 3.24. The van der Waals surface area contributed by atoms with Crippen LogP contribution >= 0.6 is 39.1 Å². The zero-order valence-electron chi connectivity index (χ0n) is 8.93. The van der Waals surface area contributed by atoms with E-state index >= 15 is 0 Å². The average Bonchev–Trinajstić information content (AvgIpc) is 2.22. The number of hydrogen-bond acceptors (Lipinski definition) is 1. The summed E-state index contributed by atoms with van der Waals surface area (Å²) in [6, 6.07) is 5.73. The summed E-state index contributed by atoms with van der Waals surface area (Å²) in [6.45, 7) is 3.16. The number of halogens is 3. The van der Waals surface area contributed by atoms with E-state index in [1.54, 1.807) is 0 Å². The van der Waals surface area contributed by atoms with Crippen LogP contribution in [-0.2, 0) is 6.54 Å². The fourth-order valence-electron chi connectivity index (χ4n) is 2.03. The standard InChI is InChI=1S/C12H14BrCl2N/c13-10-2-1-5-16(8-10)7-9-3-4-11(14)6-12(9)15/h3-4,6,10H,1-2,5,7-8H2. The zero-order chi connectivity index (χ0) is 11.5. The third kappa shape index (κ3) is 3.36. The van der Waals surface area contributed by atoms with Gasteiger partial charge in [0, 0.05) is 28.0 Å². The number of alkyl halides is 1. The largest absolute Gasteiger partial charge is 0.298 e. The van der Waals surface area contributed by atoms with Crippen LogP contribution in [0.5, 0.6) is 0 Å². The van der Waals surface area contributed by atoms with E-state index in [0.29, 0.717) is 9.85 Å². The number of rotatable bonds is 2. The number of likely N-dealkylation sites (tertiary alicyclic amines) is 1. The maximum atomic E-state index is 6.16. The SMILES string of the molecule is Clc1ccc(CN2CCCC(Br)C2)c(Cl)c1. The van der Waals surface area contributed by atoms with Gasteiger partial charge in [0.05, 0.1) is 0 Å². The van der Waals surface area contributed by atoms with Crippen molar-refractivity contribution in [3.05, 3.63) is 33.8 Å². The lowest BCUT2D eigenvalue weighted by molar-refractivity contribution is 0.228. The molecule has 4 heteroatoms. The van der Waals surface area contributed by atoms with E-state index in [4.69, 9.17) is 23.2 Å². The summed E-state index contributed by atoms with van der Waals surface area (Å²) in [4.78, 5) is 3.05. The van der Waals surface area contributed by atoms with E-state index < -0.39 is 0 Å². The molecule has 2 rings (SSSR count). The molecule has 1 unspecified atom stereocenters. The molecule has 1 atom stereocenters. The van der Waals surface area contributed by atoms with Crippen LogP contribution < -0.4 is 0 Å². The van der Waals surface area contributed by atoms with Gasteiger partial charge in [0.15, 0.2) is 0 Å². The molecule has 1 fully saturated rings. The first kappa shape index (κ1) is 12.7. The van der Waals surface area contributed by atoms with Crippen LogP contribution in [0.15, 0.2) is 18.2 Å². The molecule has 1 nitrogen and oxygen atoms in total. The molecular weight excluding hydrogens is 309 g/mol. The summed E-state index contributed by atoms with van der Waals surface area (Å²) in [6.07, 6.45) is 2.52. The van der Waals surface area contributed by atoms with Crippen molar-refractivity contribution >= 4 is 39.1 Å². The molecule has 1 aromatic carbocycles. The molecule has 0 N–H and O–H groups in total. The molecule has 0 aromatic heterocycles. The molecule has 88 valence electrons. The van der Waals surface area contributed by atoms with E-state index in [2.05, 4.69) is 20.8 Å². The van der Waals surface area contributed by atoms with Crippen LogP contribution in [0, 0.1) is 0 Å². The molecule has 1 aliphatic heterocycles. The van der Waals surface area contributed by atoms with Gasteiger partial charge in [0.2, 0.25) is 0 Å². The number of piperidine rings is 1. The number of nitrogens with zero attached hydrogens (tertiary/aromatic N) is 1. The highest BCUT2D eigenvalue weighted by Crippen LogP contribution is 2.24. The van der Waals surface area contributed by atoms with Crippen molar-refractivity contribution in [2.75, 3.05) is 13.1 Å². The molecule has 0 amide bonds. The third-order valence-electron chi connectivity index (χ3n) is 2.86. The van der Waals surface area contributed by atoms with Crippen molar-refractivity contribution in [3.8, 4) is 0 Å². The Morgan fingerprint density at radius 2 is 2.19 bits per heavy atom. The molecular formula is C12H14BrCl2N. The topological polar surface area (TPSA) is 3.24 Å². The maximum absolute atomic E-state index is 6.16. The average molecular weight is 323 g/mol. The van der Waals surface area contributed by atoms with Crippen molar-refractivity contribution in [2.45, 2.75) is 24.2 Å². The van der Waals surface area contributed by atoms with Crippen molar-refractivity contribution in [2.24, 2.45) is 0 Å². The van der Waals surface area contributed by atoms with Crippen LogP contribution in [0.2, 0.25) is 10.0 Å². The van der Waals surface area contributed by atoms with Gasteiger partial charge in [-0.15, -0.1) is 0 Å². The van der Waals surface area contributed by atoms with Gasteiger partial charge in [0.25, 0.3) is 0 Å². The Labute approximate surface area is 115 Å². The summed E-state index contributed by atoms with van der Waals surface area (Å²) in [7, 11) is 0. The Bertz CT molecular complexity index is 370. The van der Waals surface area contributed by atoms with Crippen LogP contribution in [0.3, 0.4) is 0 Å². The Balaban J connectivity index is 2.02. The summed E-state index contributed by atoms with van der Waals surface area (Å²) in [5.41, 5.74) is 1.16. The van der Waals surface area contributed by atoms with Crippen LogP contribution in [0.4, 0.5) is 0 Å². The van der Waals surface area contributed by atoms with Crippen LogP contribution in [-0.4, -0.2) is 22.8 Å². The lowest BCUT2D eigenvalue weighted by atomic mass is 10.1. The minimum atomic E-state index is 0.618. The molecule has 1 aromatic rings. The lowest BCUT2D eigenvalue weighted by Crippen LogP contribution is -2.35. The van der Waals surface area contributed by atoms with E-state index in [-0.39, 0.29) is 0 Å². The molecule has 1 heterocycles. The predicted octanol–water partition coefficient (Wildman–Crippen LogP) is 4.35. The second kappa shape index (κ2) is 5.72. The molecule has 1 saturated heterocycles. The third-order valence-corrected chi connectivity index (χ3v) is 4.19. The van der Waals surface area contributed by atoms with Crippen LogP contribution in [0.25, 0.3) is 0 Å². The van der Waals surface area contributed by atoms with E-state index in [1.165, 1.54) is 12.8 Å². The molecule has 0 bridgehead atoms. The summed E-state index contributed by atoms with van der Waals surface area (Å²) >= 11 is 15.7. The van der Waals surface area contributed by atoms with Crippen molar-refractivity contribution in [3.63, 3.8) is 0 Å². The first-order valence-electron chi connectivity index (χ1n) is 5.45. The smallest absolute Gasteiger partial charge is 0.0465 e. The summed E-state index contributed by atoms with van der Waals surface area (Å²) < 4.78 is 0. The van der Waals surface area contributed by atoms with Gasteiger partial charge in [-0.1, -0.05) is 45.2 Å². The van der Waals surface area contributed by atoms with Crippen molar-refractivity contribution in [1.82, 2.24) is 4.90 Å². The highest BCUT2D eigenvalue weighted by Gasteiger charge is 2.18. The fraction of sp³-hybridized carbons (Fsp3) is 0.500. The van der Waals surface area contributed by atoms with Gasteiger partial charge in [-0.05, 0) is 37.1 Å². The van der Waals surface area contributed by atoms with Gasteiger partial charge in [-0.2, -0.15) is 0 Å². The number of hydrogen-bond donors (Lipinski definition) is 0. The zero-order valence-corrected chi connectivity index (χ0v) is 12.0. The number of benzene rings is 1. The van der Waals surface area contributed by atoms with Gasteiger partial charge < -0.3 is 0 Å². The van der Waals surface area contributed by atoms with Gasteiger partial charge in [0.1, 0.15) is 0 Å². The molecule has 0 aliphatic carbocycles. The summed E-state index contributed by atoms with van der Waals surface area (Å²) in [5, 5.41) is 1.47. The molecule has 0 radical (unpaired) electrons. The highest BCUT2D eigenvalue weighted by atomic mass is 79.9. The first-order chi connectivity index (χ1) is 7.65. The Morgan fingerprint density at radius 1 is 1.38 bits per heavy atom. The minimum Gasteiger partial charge on any atom is -0.298 e. The molecule has 0 saturated carbocycles. The Morgan fingerprint density at radius 3 is 2.88 bits per heavy atom. The van der Waals surface area contributed by atoms with E-state index in [0.717, 1.165) is 30.2 Å². The van der Waals surface area contributed by atoms with Gasteiger partial charge in [-0.3, -0.25) is 4.90 Å². The van der Waals surface area contributed by atoms with Crippen molar-refractivity contribution < 1.29 is 0 Å². The van der Waals surface area contributed by atoms with Crippen molar-refractivity contribution in [1.29, 1.82) is 0 Å². The summed E-state index contributed by atoms with van der Waals surface area (Å²) in [5.74, 6) is 0. The Kier molecular flexibility index (Phi) is 4.54. The normalized spacial score (nSPS) is 22.3. The molecule has 1 aliphatic rings. The predicted molar refractivity (Wildman–Crippen MR) is 73.7 cm³/mol. The Hall–Kier alpha value is 0.240. The van der Waals surface area contributed by atoms with Crippen LogP contribution in [0.1, 0.15) is 18.4 Å². The molecule has 16 heavy (non-hydrogen) atoms. The van der Waals surface area contributed by atoms with E-state index in [1.807, 2.05) is 18.2 Å². The maximum Gasteiger partial charge on any atom is 0.0465 e. The van der Waals surface area contributed by atoms with E-state index in [9.17, 15) is 0 Å². The van der Waals surface area contributed by atoms with Gasteiger partial charge >= 0.3 is 0 Å². The lowest BCUT2D eigenvalue weighted by Gasteiger charge is -2.30. The monoisotopic (exact) mass is 321 g/mol. The second-order valence-electron chi connectivity index (χ2n) is 4.21. The second-order valence-corrected chi connectivity index (χ2v) is 6.35. The highest BCUT2D eigenvalue weighted by molar-refractivity contribution is 9.09. The van der Waals surface area contributed by atoms with Gasteiger partial charge in [-0.25, -0.2) is 0 Å². The minimum absolute atomic E-state index is 0.618. The molecule has 0 spiro atoms. The quantitative estimate of drug-likeness (QED) is 0.731. The first-order valence-corrected chi connectivity index (χ1v) is 7.12.